The number of sulfonamides is 1. The highest BCUT2D eigenvalue weighted by atomic mass is 32.2. The number of methoxy groups -OCH3 is 1. The first-order chi connectivity index (χ1) is 16.8. The first kappa shape index (κ1) is 26.0. The van der Waals surface area contributed by atoms with Crippen molar-refractivity contribution in [1.82, 2.24) is 4.90 Å². The fourth-order valence-electron chi connectivity index (χ4n) is 5.93. The van der Waals surface area contributed by atoms with Crippen LogP contribution < -0.4 is 9.46 Å². The van der Waals surface area contributed by atoms with Crippen LogP contribution in [0.2, 0.25) is 0 Å². The summed E-state index contributed by atoms with van der Waals surface area (Å²) in [7, 11) is -2.44. The summed E-state index contributed by atoms with van der Waals surface area (Å²) in [4.78, 5) is 27.5. The molecule has 1 aliphatic carbocycles. The smallest absolute Gasteiger partial charge is 0.338 e. The third-order valence-corrected chi connectivity index (χ3v) is 8.64. The quantitative estimate of drug-likeness (QED) is 0.550. The molecular formula is C27H34N2O6S. The average Bonchev–Trinajstić information content (AvgIpc) is 3.06. The average molecular weight is 515 g/mol. The molecule has 0 radical (unpaired) electrons. The lowest BCUT2D eigenvalue weighted by molar-refractivity contribution is -0.135. The molecule has 2 aliphatic rings. The van der Waals surface area contributed by atoms with Gasteiger partial charge in [0.2, 0.25) is 0 Å². The first-order valence-corrected chi connectivity index (χ1v) is 13.5. The summed E-state index contributed by atoms with van der Waals surface area (Å²) >= 11 is 0. The SMILES string of the molecule is COc1ccc(NS(=O)(=O)c2cc(C(=O)OCC(=O)N3CC4(C)CC3CC(C)(C)C4)ccc2C)cc1. The Bertz CT molecular complexity index is 1270. The van der Waals surface area contributed by atoms with Gasteiger partial charge in [-0.15, -0.1) is 0 Å². The van der Waals surface area contributed by atoms with E-state index in [2.05, 4.69) is 25.5 Å². The molecule has 0 aromatic heterocycles. The largest absolute Gasteiger partial charge is 0.497 e. The van der Waals surface area contributed by atoms with Crippen LogP contribution >= 0.6 is 0 Å². The van der Waals surface area contributed by atoms with Crippen LogP contribution in [0.3, 0.4) is 0 Å². The molecule has 1 N–H and O–H groups in total. The standard InChI is InChI=1S/C27H34N2O6S/c1-18-6-7-19(12-23(18)36(32,33)28-20-8-10-22(34-5)11-9-20)25(31)35-15-24(30)29-17-27(4)14-21(29)13-26(2,3)16-27/h6-12,21,28H,13-17H2,1-5H3. The van der Waals surface area contributed by atoms with Crippen LogP contribution in [0.1, 0.15) is 56.0 Å². The molecule has 2 aromatic rings. The maximum absolute atomic E-state index is 13.0. The van der Waals surface area contributed by atoms with Crippen molar-refractivity contribution >= 4 is 27.6 Å². The minimum absolute atomic E-state index is 0.0393. The van der Waals surface area contributed by atoms with Gasteiger partial charge in [0.1, 0.15) is 5.75 Å². The Kier molecular flexibility index (Phi) is 6.81. The number of hydrogen-bond donors (Lipinski definition) is 1. The topological polar surface area (TPSA) is 102 Å². The number of fused-ring (bicyclic) bond motifs is 2. The molecule has 2 bridgehead atoms. The number of benzene rings is 2. The molecule has 2 atom stereocenters. The van der Waals surface area contributed by atoms with Gasteiger partial charge in [0.15, 0.2) is 6.61 Å². The van der Waals surface area contributed by atoms with Gasteiger partial charge in [-0.3, -0.25) is 9.52 Å². The number of rotatable bonds is 7. The maximum atomic E-state index is 13.0. The lowest BCUT2D eigenvalue weighted by Crippen LogP contribution is -2.39. The number of aryl methyl sites for hydroxylation is 1. The fourth-order valence-corrected chi connectivity index (χ4v) is 7.26. The zero-order valence-electron chi connectivity index (χ0n) is 21.5. The minimum Gasteiger partial charge on any atom is -0.497 e. The number of hydrogen-bond acceptors (Lipinski definition) is 6. The Hall–Kier alpha value is -3.07. The monoisotopic (exact) mass is 514 g/mol. The lowest BCUT2D eigenvalue weighted by atomic mass is 9.65. The molecule has 2 unspecified atom stereocenters. The van der Waals surface area contributed by atoms with Crippen molar-refractivity contribution < 1.29 is 27.5 Å². The van der Waals surface area contributed by atoms with E-state index >= 15 is 0 Å². The van der Waals surface area contributed by atoms with Gasteiger partial charge in [-0.2, -0.15) is 0 Å². The summed E-state index contributed by atoms with van der Waals surface area (Å²) < 4.78 is 39.0. The van der Waals surface area contributed by atoms with Gasteiger partial charge in [0, 0.05) is 18.3 Å². The number of carbonyl (C=O) groups is 2. The number of amides is 1. The highest BCUT2D eigenvalue weighted by Crippen LogP contribution is 2.52. The lowest BCUT2D eigenvalue weighted by Gasteiger charge is -2.39. The third-order valence-electron chi connectivity index (χ3n) is 7.12. The molecule has 1 aliphatic heterocycles. The second-order valence-electron chi connectivity index (χ2n) is 11.1. The Labute approximate surface area is 213 Å². The van der Waals surface area contributed by atoms with Gasteiger partial charge < -0.3 is 14.4 Å². The van der Waals surface area contributed by atoms with E-state index in [1.165, 1.54) is 19.2 Å². The molecular weight excluding hydrogens is 480 g/mol. The zero-order chi connectivity index (χ0) is 26.3. The van der Waals surface area contributed by atoms with E-state index in [4.69, 9.17) is 9.47 Å². The van der Waals surface area contributed by atoms with Crippen LogP contribution in [0.4, 0.5) is 5.69 Å². The van der Waals surface area contributed by atoms with Crippen molar-refractivity contribution in [2.45, 2.75) is 57.9 Å². The summed E-state index contributed by atoms with van der Waals surface area (Å²) in [5.74, 6) is -0.350. The van der Waals surface area contributed by atoms with E-state index < -0.39 is 16.0 Å². The summed E-state index contributed by atoms with van der Waals surface area (Å²) in [6, 6.07) is 10.9. The maximum Gasteiger partial charge on any atom is 0.338 e. The highest BCUT2D eigenvalue weighted by molar-refractivity contribution is 7.92. The van der Waals surface area contributed by atoms with Crippen LogP contribution in [0.15, 0.2) is 47.4 Å². The Morgan fingerprint density at radius 2 is 1.78 bits per heavy atom. The highest BCUT2D eigenvalue weighted by Gasteiger charge is 2.50. The van der Waals surface area contributed by atoms with Crippen LogP contribution in [0, 0.1) is 17.8 Å². The molecule has 2 aromatic carbocycles. The zero-order valence-corrected chi connectivity index (χ0v) is 22.3. The number of carbonyl (C=O) groups excluding carboxylic acids is 2. The summed E-state index contributed by atoms with van der Waals surface area (Å²) in [6.45, 7) is 8.63. The Morgan fingerprint density at radius 1 is 1.08 bits per heavy atom. The van der Waals surface area contributed by atoms with Crippen LogP contribution in [-0.4, -0.2) is 51.5 Å². The summed E-state index contributed by atoms with van der Waals surface area (Å²) in [6.07, 6.45) is 2.96. The molecule has 1 heterocycles. The molecule has 9 heteroatoms. The Morgan fingerprint density at radius 3 is 2.44 bits per heavy atom. The summed E-state index contributed by atoms with van der Waals surface area (Å²) in [5, 5.41) is 0. The molecule has 194 valence electrons. The van der Waals surface area contributed by atoms with Gasteiger partial charge in [-0.05, 0) is 79.0 Å². The van der Waals surface area contributed by atoms with Gasteiger partial charge in [0.25, 0.3) is 15.9 Å². The molecule has 4 rings (SSSR count). The number of esters is 1. The molecule has 1 saturated heterocycles. The molecule has 1 amide bonds. The van der Waals surface area contributed by atoms with Crippen molar-refractivity contribution in [2.75, 3.05) is 25.0 Å². The number of nitrogens with one attached hydrogen (secondary N) is 1. The molecule has 36 heavy (non-hydrogen) atoms. The predicted molar refractivity (Wildman–Crippen MR) is 137 cm³/mol. The van der Waals surface area contributed by atoms with Crippen molar-refractivity contribution in [3.8, 4) is 5.75 Å². The van der Waals surface area contributed by atoms with E-state index in [-0.39, 0.29) is 39.8 Å². The number of nitrogens with zero attached hydrogens (tertiary/aromatic N) is 1. The minimum atomic E-state index is -3.97. The van der Waals surface area contributed by atoms with Gasteiger partial charge >= 0.3 is 5.97 Å². The third kappa shape index (κ3) is 5.51. The number of likely N-dealkylation sites (tertiary alicyclic amines) is 1. The molecule has 8 nitrogen and oxygen atoms in total. The van der Waals surface area contributed by atoms with E-state index in [0.717, 1.165) is 19.3 Å². The van der Waals surface area contributed by atoms with Gasteiger partial charge in [-0.25, -0.2) is 13.2 Å². The van der Waals surface area contributed by atoms with Crippen LogP contribution in [-0.2, 0) is 19.6 Å². The van der Waals surface area contributed by atoms with E-state index in [0.29, 0.717) is 23.5 Å². The van der Waals surface area contributed by atoms with Crippen molar-refractivity contribution in [3.63, 3.8) is 0 Å². The Balaban J connectivity index is 1.43. The van der Waals surface area contributed by atoms with Crippen LogP contribution in [0.25, 0.3) is 0 Å². The van der Waals surface area contributed by atoms with Crippen molar-refractivity contribution in [2.24, 2.45) is 10.8 Å². The first-order valence-electron chi connectivity index (χ1n) is 12.1. The fraction of sp³-hybridized carbons (Fsp3) is 0.481. The van der Waals surface area contributed by atoms with Gasteiger partial charge in [-0.1, -0.05) is 26.8 Å². The second-order valence-corrected chi connectivity index (χ2v) is 12.8. The predicted octanol–water partition coefficient (Wildman–Crippen LogP) is 4.39. The van der Waals surface area contributed by atoms with Crippen molar-refractivity contribution in [1.29, 1.82) is 0 Å². The molecule has 0 spiro atoms. The normalized spacial score (nSPS) is 22.7. The molecule has 2 fully saturated rings. The van der Waals surface area contributed by atoms with E-state index in [1.807, 2.05) is 4.90 Å². The van der Waals surface area contributed by atoms with Crippen molar-refractivity contribution in [3.05, 3.63) is 53.6 Å². The molecule has 1 saturated carbocycles. The van der Waals surface area contributed by atoms with E-state index in [9.17, 15) is 18.0 Å². The number of ether oxygens (including phenoxy) is 2. The second kappa shape index (κ2) is 9.42. The van der Waals surface area contributed by atoms with E-state index in [1.54, 1.807) is 37.3 Å². The van der Waals surface area contributed by atoms with Gasteiger partial charge in [0.05, 0.1) is 17.6 Å². The van der Waals surface area contributed by atoms with Crippen LogP contribution in [0.5, 0.6) is 5.75 Å². The number of anilines is 1. The summed E-state index contributed by atoms with van der Waals surface area (Å²) in [5.41, 5.74) is 1.16.